The van der Waals surface area contributed by atoms with Gasteiger partial charge in [0.2, 0.25) is 0 Å². The Morgan fingerprint density at radius 3 is 2.70 bits per heavy atom. The zero-order chi connectivity index (χ0) is 14.9. The number of aryl methyl sites for hydroxylation is 1. The van der Waals surface area contributed by atoms with Gasteiger partial charge in [0.1, 0.15) is 5.82 Å². The van der Waals surface area contributed by atoms with Gasteiger partial charge >= 0.3 is 5.97 Å². The highest BCUT2D eigenvalue weighted by molar-refractivity contribution is 5.90. The minimum Gasteiger partial charge on any atom is -0.465 e. The molecule has 0 spiro atoms. The van der Waals surface area contributed by atoms with Crippen LogP contribution in [0.25, 0.3) is 0 Å². The van der Waals surface area contributed by atoms with Gasteiger partial charge in [-0.15, -0.1) is 0 Å². The normalized spacial score (nSPS) is 26.4. The number of hydrogen-bond donors (Lipinski definition) is 0. The molecule has 110 valence electrons. The first kappa shape index (κ1) is 14.8. The number of methoxy groups -OCH3 is 1. The van der Waals surface area contributed by atoms with E-state index in [2.05, 4.69) is 30.7 Å². The fraction of sp³-hybridized carbons (Fsp3) is 0.600. The van der Waals surface area contributed by atoms with E-state index in [1.807, 2.05) is 13.0 Å². The number of morpholine rings is 1. The molecule has 0 amide bonds. The Kier molecular flexibility index (Phi) is 4.28. The minimum absolute atomic E-state index is 0.154. The molecule has 0 bridgehead atoms. The Balaban J connectivity index is 2.29. The molecule has 2 heterocycles. The van der Waals surface area contributed by atoms with E-state index in [9.17, 15) is 4.79 Å². The van der Waals surface area contributed by atoms with Crippen molar-refractivity contribution in [2.24, 2.45) is 0 Å². The summed E-state index contributed by atoms with van der Waals surface area (Å²) in [6.45, 7) is 8.89. The van der Waals surface area contributed by atoms with Gasteiger partial charge in [0.05, 0.1) is 36.6 Å². The molecule has 1 saturated heterocycles. The summed E-state index contributed by atoms with van der Waals surface area (Å²) >= 11 is 0. The third-order valence-electron chi connectivity index (χ3n) is 3.84. The number of nitrogens with zero attached hydrogens (tertiary/aromatic N) is 2. The number of aromatic nitrogens is 1. The van der Waals surface area contributed by atoms with Gasteiger partial charge in [0, 0.05) is 6.54 Å². The molecule has 1 aliphatic heterocycles. The summed E-state index contributed by atoms with van der Waals surface area (Å²) in [7, 11) is 1.38. The van der Waals surface area contributed by atoms with Crippen LogP contribution in [0.2, 0.25) is 0 Å². The molecule has 0 saturated carbocycles. The van der Waals surface area contributed by atoms with Crippen molar-refractivity contribution in [1.82, 2.24) is 4.98 Å². The van der Waals surface area contributed by atoms with Crippen molar-refractivity contribution in [2.75, 3.05) is 18.6 Å². The second-order valence-electron chi connectivity index (χ2n) is 5.34. The lowest BCUT2D eigenvalue weighted by atomic mass is 10.1. The van der Waals surface area contributed by atoms with Gasteiger partial charge in [-0.05, 0) is 39.8 Å². The minimum atomic E-state index is -0.349. The third kappa shape index (κ3) is 2.77. The van der Waals surface area contributed by atoms with E-state index < -0.39 is 0 Å². The van der Waals surface area contributed by atoms with Gasteiger partial charge in [-0.25, -0.2) is 9.78 Å². The Morgan fingerprint density at radius 1 is 1.40 bits per heavy atom. The lowest BCUT2D eigenvalue weighted by Gasteiger charge is -2.42. The molecule has 2 rings (SSSR count). The number of pyridine rings is 1. The van der Waals surface area contributed by atoms with Crippen LogP contribution < -0.4 is 4.90 Å². The van der Waals surface area contributed by atoms with Crippen LogP contribution in [0.5, 0.6) is 0 Å². The van der Waals surface area contributed by atoms with Crippen LogP contribution >= 0.6 is 0 Å². The van der Waals surface area contributed by atoms with Gasteiger partial charge in [-0.2, -0.15) is 0 Å². The summed E-state index contributed by atoms with van der Waals surface area (Å²) in [5.74, 6) is 0.531. The van der Waals surface area contributed by atoms with E-state index >= 15 is 0 Å². The van der Waals surface area contributed by atoms with E-state index in [-0.39, 0.29) is 24.2 Å². The van der Waals surface area contributed by atoms with E-state index in [0.717, 1.165) is 12.4 Å². The van der Waals surface area contributed by atoms with Crippen molar-refractivity contribution in [2.45, 2.75) is 45.9 Å². The Bertz CT molecular complexity index is 504. The standard InChI is InChI=1S/C15H22N2O3/c1-9-8-17(11(3)12(4)20-9)14-7-6-13(10(2)16-14)15(18)19-5/h6-7,9,11-12H,8H2,1-5H3/t9-,11+,12+/m0/s1. The molecular weight excluding hydrogens is 256 g/mol. The lowest BCUT2D eigenvalue weighted by Crippen LogP contribution is -2.52. The average molecular weight is 278 g/mol. The summed E-state index contributed by atoms with van der Waals surface area (Å²) in [5.41, 5.74) is 1.20. The van der Waals surface area contributed by atoms with Crippen LogP contribution in [0, 0.1) is 6.92 Å². The van der Waals surface area contributed by atoms with Crippen molar-refractivity contribution >= 4 is 11.8 Å². The molecule has 1 aromatic heterocycles. The zero-order valence-electron chi connectivity index (χ0n) is 12.7. The number of carbonyl (C=O) groups excluding carboxylic acids is 1. The Hall–Kier alpha value is -1.62. The van der Waals surface area contributed by atoms with Crippen LogP contribution in [0.4, 0.5) is 5.82 Å². The van der Waals surface area contributed by atoms with Crippen LogP contribution in [-0.2, 0) is 9.47 Å². The highest BCUT2D eigenvalue weighted by atomic mass is 16.5. The second kappa shape index (κ2) is 5.79. The van der Waals surface area contributed by atoms with Crippen molar-refractivity contribution < 1.29 is 14.3 Å². The van der Waals surface area contributed by atoms with Crippen LogP contribution in [0.15, 0.2) is 12.1 Å². The van der Waals surface area contributed by atoms with Crippen molar-refractivity contribution in [3.05, 3.63) is 23.4 Å². The topological polar surface area (TPSA) is 51.7 Å². The summed E-state index contributed by atoms with van der Waals surface area (Å²) in [6.07, 6.45) is 0.324. The van der Waals surface area contributed by atoms with Crippen LogP contribution in [-0.4, -0.2) is 42.9 Å². The predicted octanol–water partition coefficient (Wildman–Crippen LogP) is 2.18. The molecular formula is C15H22N2O3. The molecule has 20 heavy (non-hydrogen) atoms. The molecule has 0 radical (unpaired) electrons. The van der Waals surface area contributed by atoms with Crippen molar-refractivity contribution in [1.29, 1.82) is 0 Å². The fourth-order valence-electron chi connectivity index (χ4n) is 2.56. The van der Waals surface area contributed by atoms with E-state index in [0.29, 0.717) is 11.3 Å². The maximum absolute atomic E-state index is 11.6. The number of anilines is 1. The summed E-state index contributed by atoms with van der Waals surface area (Å²) in [4.78, 5) is 18.4. The molecule has 1 aromatic rings. The number of ether oxygens (including phenoxy) is 2. The first-order valence-corrected chi connectivity index (χ1v) is 6.92. The Morgan fingerprint density at radius 2 is 2.10 bits per heavy atom. The van der Waals surface area contributed by atoms with Gasteiger partial charge in [-0.1, -0.05) is 0 Å². The predicted molar refractivity (Wildman–Crippen MR) is 77.1 cm³/mol. The van der Waals surface area contributed by atoms with Gasteiger partial charge in [0.15, 0.2) is 0 Å². The average Bonchev–Trinajstić information content (AvgIpc) is 2.41. The lowest BCUT2D eigenvalue weighted by molar-refractivity contribution is -0.0260. The van der Waals surface area contributed by atoms with E-state index in [1.54, 1.807) is 6.07 Å². The highest BCUT2D eigenvalue weighted by Crippen LogP contribution is 2.24. The summed E-state index contributed by atoms with van der Waals surface area (Å²) in [6, 6.07) is 3.91. The fourth-order valence-corrected chi connectivity index (χ4v) is 2.56. The number of esters is 1. The largest absolute Gasteiger partial charge is 0.465 e. The molecule has 0 aromatic carbocycles. The van der Waals surface area contributed by atoms with Crippen LogP contribution in [0.3, 0.4) is 0 Å². The molecule has 5 heteroatoms. The molecule has 0 N–H and O–H groups in total. The van der Waals surface area contributed by atoms with Gasteiger partial charge in [0.25, 0.3) is 0 Å². The quantitative estimate of drug-likeness (QED) is 0.776. The first-order valence-electron chi connectivity index (χ1n) is 6.92. The number of rotatable bonds is 2. The van der Waals surface area contributed by atoms with Gasteiger partial charge < -0.3 is 14.4 Å². The number of hydrogen-bond acceptors (Lipinski definition) is 5. The molecule has 0 unspecified atom stereocenters. The van der Waals surface area contributed by atoms with E-state index in [1.165, 1.54) is 7.11 Å². The van der Waals surface area contributed by atoms with Crippen molar-refractivity contribution in [3.63, 3.8) is 0 Å². The highest BCUT2D eigenvalue weighted by Gasteiger charge is 2.30. The van der Waals surface area contributed by atoms with Crippen molar-refractivity contribution in [3.8, 4) is 0 Å². The molecule has 3 atom stereocenters. The maximum atomic E-state index is 11.6. The first-order chi connectivity index (χ1) is 9.43. The Labute approximate surface area is 119 Å². The monoisotopic (exact) mass is 278 g/mol. The maximum Gasteiger partial charge on any atom is 0.339 e. The molecule has 5 nitrogen and oxygen atoms in total. The molecule has 1 aliphatic rings. The molecule has 0 aliphatic carbocycles. The SMILES string of the molecule is COC(=O)c1ccc(N2C[C@H](C)O[C@H](C)[C@H]2C)nc1C. The van der Waals surface area contributed by atoms with E-state index in [4.69, 9.17) is 9.47 Å². The van der Waals surface area contributed by atoms with Gasteiger partial charge in [-0.3, -0.25) is 0 Å². The summed E-state index contributed by atoms with van der Waals surface area (Å²) < 4.78 is 10.6. The summed E-state index contributed by atoms with van der Waals surface area (Å²) in [5, 5.41) is 0. The second-order valence-corrected chi connectivity index (χ2v) is 5.34. The smallest absolute Gasteiger partial charge is 0.339 e. The zero-order valence-corrected chi connectivity index (χ0v) is 12.7. The van der Waals surface area contributed by atoms with Crippen LogP contribution in [0.1, 0.15) is 36.8 Å². The third-order valence-corrected chi connectivity index (χ3v) is 3.84. The number of carbonyl (C=O) groups is 1. The molecule has 1 fully saturated rings.